The van der Waals surface area contributed by atoms with E-state index >= 15 is 0 Å². The average molecular weight is 311 g/mol. The zero-order valence-electron chi connectivity index (χ0n) is 13.1. The average Bonchev–Trinajstić information content (AvgIpc) is 3.09. The van der Waals surface area contributed by atoms with E-state index < -0.39 is 11.9 Å². The molecular weight excluding hydrogens is 290 g/mol. The van der Waals surface area contributed by atoms with E-state index in [-0.39, 0.29) is 12.3 Å². The smallest absolute Gasteiger partial charge is 0.307 e. The quantitative estimate of drug-likeness (QED) is 0.923. The van der Waals surface area contributed by atoms with Gasteiger partial charge < -0.3 is 10.0 Å². The van der Waals surface area contributed by atoms with Crippen molar-refractivity contribution in [3.63, 3.8) is 0 Å². The second-order valence-corrected chi connectivity index (χ2v) is 6.17. The van der Waals surface area contributed by atoms with Crippen molar-refractivity contribution in [2.45, 2.75) is 25.7 Å². The summed E-state index contributed by atoms with van der Waals surface area (Å²) in [5.74, 6) is -1.60. The van der Waals surface area contributed by atoms with Gasteiger partial charge in [0, 0.05) is 19.5 Å². The Hall–Kier alpha value is -2.36. The first kappa shape index (κ1) is 15.5. The summed E-state index contributed by atoms with van der Waals surface area (Å²) in [5, 5.41) is 11.7. The zero-order valence-corrected chi connectivity index (χ0v) is 13.1. The number of carbonyl (C=O) groups excluding carboxylic acids is 1. The zero-order chi connectivity index (χ0) is 16.2. The SMILES string of the molecule is O=C(O)C(CC(=O)N1CCCC1)Cc1cccc2ccccc12. The van der Waals surface area contributed by atoms with E-state index in [9.17, 15) is 14.7 Å². The van der Waals surface area contributed by atoms with Gasteiger partial charge in [0.1, 0.15) is 0 Å². The highest BCUT2D eigenvalue weighted by Crippen LogP contribution is 2.23. The fourth-order valence-electron chi connectivity index (χ4n) is 3.29. The van der Waals surface area contributed by atoms with Crippen LogP contribution in [-0.4, -0.2) is 35.0 Å². The molecule has 0 saturated carbocycles. The minimum atomic E-state index is -0.898. The summed E-state index contributed by atoms with van der Waals surface area (Å²) in [4.78, 5) is 25.7. The summed E-state index contributed by atoms with van der Waals surface area (Å²) in [6.07, 6.45) is 2.51. The van der Waals surface area contributed by atoms with Crippen LogP contribution < -0.4 is 0 Å². The Labute approximate surface area is 135 Å². The van der Waals surface area contributed by atoms with Crippen LogP contribution in [0.15, 0.2) is 42.5 Å². The highest BCUT2D eigenvalue weighted by molar-refractivity contribution is 5.87. The van der Waals surface area contributed by atoms with Gasteiger partial charge in [-0.1, -0.05) is 42.5 Å². The molecule has 2 aromatic rings. The molecule has 0 bridgehead atoms. The van der Waals surface area contributed by atoms with Crippen LogP contribution in [0, 0.1) is 5.92 Å². The maximum Gasteiger partial charge on any atom is 0.307 e. The molecule has 3 rings (SSSR count). The Morgan fingerprint density at radius 1 is 1.04 bits per heavy atom. The van der Waals surface area contributed by atoms with E-state index in [1.54, 1.807) is 4.90 Å². The Morgan fingerprint density at radius 3 is 2.48 bits per heavy atom. The summed E-state index contributed by atoms with van der Waals surface area (Å²) in [6.45, 7) is 1.53. The van der Waals surface area contributed by atoms with E-state index in [1.165, 1.54) is 0 Å². The number of carboxylic acids is 1. The molecule has 4 heteroatoms. The molecule has 120 valence electrons. The number of hydrogen-bond acceptors (Lipinski definition) is 2. The Morgan fingerprint density at radius 2 is 1.74 bits per heavy atom. The van der Waals surface area contributed by atoms with Crippen molar-refractivity contribution in [2.75, 3.05) is 13.1 Å². The van der Waals surface area contributed by atoms with Crippen LogP contribution in [0.4, 0.5) is 0 Å². The van der Waals surface area contributed by atoms with Crippen molar-refractivity contribution in [1.82, 2.24) is 4.90 Å². The third-order valence-electron chi connectivity index (χ3n) is 4.58. The topological polar surface area (TPSA) is 57.6 Å². The fourth-order valence-corrected chi connectivity index (χ4v) is 3.29. The van der Waals surface area contributed by atoms with Crippen molar-refractivity contribution in [1.29, 1.82) is 0 Å². The normalized spacial score (nSPS) is 15.7. The van der Waals surface area contributed by atoms with E-state index in [0.717, 1.165) is 42.3 Å². The minimum Gasteiger partial charge on any atom is -0.481 e. The highest BCUT2D eigenvalue weighted by atomic mass is 16.4. The Kier molecular flexibility index (Phi) is 4.60. The van der Waals surface area contributed by atoms with Gasteiger partial charge in [0.2, 0.25) is 5.91 Å². The number of carbonyl (C=O) groups is 2. The van der Waals surface area contributed by atoms with Gasteiger partial charge in [-0.3, -0.25) is 9.59 Å². The van der Waals surface area contributed by atoms with E-state index in [4.69, 9.17) is 0 Å². The number of hydrogen-bond donors (Lipinski definition) is 1. The van der Waals surface area contributed by atoms with Crippen molar-refractivity contribution in [2.24, 2.45) is 5.92 Å². The molecule has 1 fully saturated rings. The highest BCUT2D eigenvalue weighted by Gasteiger charge is 2.26. The molecule has 1 saturated heterocycles. The van der Waals surface area contributed by atoms with Crippen molar-refractivity contribution >= 4 is 22.6 Å². The largest absolute Gasteiger partial charge is 0.481 e. The minimum absolute atomic E-state index is 0.0323. The van der Waals surface area contributed by atoms with Crippen LogP contribution in [0.25, 0.3) is 10.8 Å². The number of likely N-dealkylation sites (tertiary alicyclic amines) is 1. The molecule has 1 amide bonds. The first-order valence-electron chi connectivity index (χ1n) is 8.12. The molecular formula is C19H21NO3. The number of nitrogens with zero attached hydrogens (tertiary/aromatic N) is 1. The lowest BCUT2D eigenvalue weighted by molar-refractivity contribution is -0.145. The molecule has 2 aromatic carbocycles. The summed E-state index contributed by atoms with van der Waals surface area (Å²) < 4.78 is 0. The molecule has 0 aliphatic carbocycles. The van der Waals surface area contributed by atoms with Crippen molar-refractivity contribution in [3.8, 4) is 0 Å². The number of carboxylic acid groups (broad SMARTS) is 1. The molecule has 1 unspecified atom stereocenters. The van der Waals surface area contributed by atoms with E-state index in [1.807, 2.05) is 42.5 Å². The molecule has 1 N–H and O–H groups in total. The van der Waals surface area contributed by atoms with Gasteiger partial charge in [-0.15, -0.1) is 0 Å². The number of aliphatic carboxylic acids is 1. The standard InChI is InChI=1S/C19H21NO3/c21-18(20-10-3-4-11-20)13-16(19(22)23)12-15-8-5-7-14-6-1-2-9-17(14)15/h1-2,5-9,16H,3-4,10-13H2,(H,22,23). The molecule has 4 nitrogen and oxygen atoms in total. The van der Waals surface area contributed by atoms with Crippen LogP contribution in [0.1, 0.15) is 24.8 Å². The lowest BCUT2D eigenvalue weighted by Crippen LogP contribution is -2.32. The molecule has 1 atom stereocenters. The van der Waals surface area contributed by atoms with Gasteiger partial charge in [0.05, 0.1) is 5.92 Å². The summed E-state index contributed by atoms with van der Waals surface area (Å²) >= 11 is 0. The number of amides is 1. The van der Waals surface area contributed by atoms with Gasteiger partial charge in [0.15, 0.2) is 0 Å². The van der Waals surface area contributed by atoms with Gasteiger partial charge >= 0.3 is 5.97 Å². The fraction of sp³-hybridized carbons (Fsp3) is 0.368. The Balaban J connectivity index is 1.78. The first-order chi connectivity index (χ1) is 11.1. The maximum absolute atomic E-state index is 12.3. The van der Waals surface area contributed by atoms with E-state index in [2.05, 4.69) is 0 Å². The second kappa shape index (κ2) is 6.82. The monoisotopic (exact) mass is 311 g/mol. The summed E-state index contributed by atoms with van der Waals surface area (Å²) in [7, 11) is 0. The van der Waals surface area contributed by atoms with Crippen molar-refractivity contribution in [3.05, 3.63) is 48.0 Å². The van der Waals surface area contributed by atoms with Crippen LogP contribution in [0.3, 0.4) is 0 Å². The predicted molar refractivity (Wildman–Crippen MR) is 89.2 cm³/mol. The lowest BCUT2D eigenvalue weighted by atomic mass is 9.92. The summed E-state index contributed by atoms with van der Waals surface area (Å²) in [5.41, 5.74) is 0.990. The molecule has 0 aromatic heterocycles. The third-order valence-corrected chi connectivity index (χ3v) is 4.58. The van der Waals surface area contributed by atoms with Gasteiger partial charge in [0.25, 0.3) is 0 Å². The molecule has 1 aliphatic rings. The second-order valence-electron chi connectivity index (χ2n) is 6.17. The maximum atomic E-state index is 12.3. The number of rotatable bonds is 5. The number of fused-ring (bicyclic) bond motifs is 1. The summed E-state index contributed by atoms with van der Waals surface area (Å²) in [6, 6.07) is 13.9. The molecule has 1 heterocycles. The van der Waals surface area contributed by atoms with Gasteiger partial charge in [-0.25, -0.2) is 0 Å². The van der Waals surface area contributed by atoms with Gasteiger partial charge in [-0.05, 0) is 35.6 Å². The van der Waals surface area contributed by atoms with Crippen LogP contribution >= 0.6 is 0 Å². The van der Waals surface area contributed by atoms with Crippen LogP contribution in [0.5, 0.6) is 0 Å². The first-order valence-corrected chi connectivity index (χ1v) is 8.12. The Bertz CT molecular complexity index is 714. The van der Waals surface area contributed by atoms with Crippen LogP contribution in [-0.2, 0) is 16.0 Å². The molecule has 0 spiro atoms. The molecule has 23 heavy (non-hydrogen) atoms. The molecule has 0 radical (unpaired) electrons. The lowest BCUT2D eigenvalue weighted by Gasteiger charge is -2.19. The third kappa shape index (κ3) is 3.52. The number of benzene rings is 2. The van der Waals surface area contributed by atoms with Crippen molar-refractivity contribution < 1.29 is 14.7 Å². The van der Waals surface area contributed by atoms with E-state index in [0.29, 0.717) is 6.42 Å². The van der Waals surface area contributed by atoms with Gasteiger partial charge in [-0.2, -0.15) is 0 Å². The predicted octanol–water partition coefficient (Wildman–Crippen LogP) is 3.10. The van der Waals surface area contributed by atoms with Crippen LogP contribution in [0.2, 0.25) is 0 Å². The molecule has 1 aliphatic heterocycles.